The molecular formula is C9H10N2O2S. The summed E-state index contributed by atoms with van der Waals surface area (Å²) >= 11 is 0. The first-order valence-electron chi connectivity index (χ1n) is 4.22. The summed E-state index contributed by atoms with van der Waals surface area (Å²) in [4.78, 5) is 4.11. The molecule has 14 heavy (non-hydrogen) atoms. The second-order valence-electron chi connectivity index (χ2n) is 3.21. The topological polar surface area (TPSA) is 73.1 Å². The van der Waals surface area contributed by atoms with Crippen LogP contribution in [0.4, 0.5) is 0 Å². The molecule has 0 fully saturated rings. The smallest absolute Gasteiger partial charge is 0.215 e. The molecule has 1 aromatic rings. The monoisotopic (exact) mass is 210 g/mol. The zero-order chi connectivity index (χ0) is 10.2. The van der Waals surface area contributed by atoms with Crippen molar-refractivity contribution in [1.82, 2.24) is 4.98 Å². The van der Waals surface area contributed by atoms with E-state index in [0.717, 1.165) is 10.6 Å². The second-order valence-corrected chi connectivity index (χ2v) is 5.00. The van der Waals surface area contributed by atoms with E-state index < -0.39 is 15.3 Å². The molecule has 74 valence electrons. The number of rotatable bonds is 1. The molecule has 5 heteroatoms. The average Bonchev–Trinajstić information content (AvgIpc) is 2.16. The minimum atomic E-state index is -3.48. The van der Waals surface area contributed by atoms with Crippen LogP contribution >= 0.6 is 0 Å². The molecule has 1 atom stereocenters. The summed E-state index contributed by atoms with van der Waals surface area (Å²) in [5, 5.41) is 6.11. The fourth-order valence-electron chi connectivity index (χ4n) is 1.47. The molecule has 1 aromatic heterocycles. The SMILES string of the molecule is NS(=O)(=O)C1C=c2cccnc2=CC1. The molecule has 1 heterocycles. The first-order chi connectivity index (χ1) is 6.57. The first-order valence-corrected chi connectivity index (χ1v) is 5.83. The third kappa shape index (κ3) is 1.69. The number of hydrogen-bond acceptors (Lipinski definition) is 3. The van der Waals surface area contributed by atoms with E-state index in [0.29, 0.717) is 6.42 Å². The summed E-state index contributed by atoms with van der Waals surface area (Å²) in [5.41, 5.74) is 0. The number of sulfonamides is 1. The molecule has 1 aliphatic carbocycles. The van der Waals surface area contributed by atoms with Crippen LogP contribution in [0.3, 0.4) is 0 Å². The lowest BCUT2D eigenvalue weighted by Gasteiger charge is -2.10. The number of nitrogens with two attached hydrogens (primary N) is 1. The standard InChI is InChI=1S/C9H10N2O2S/c10-14(12,13)8-3-4-9-7(6-8)2-1-5-11-9/h1-2,4-6,8H,3H2,(H2,10,12,13). The molecule has 0 saturated carbocycles. The van der Waals surface area contributed by atoms with Gasteiger partial charge in [-0.25, -0.2) is 13.6 Å². The van der Waals surface area contributed by atoms with Crippen LogP contribution in [-0.4, -0.2) is 18.7 Å². The summed E-state index contributed by atoms with van der Waals surface area (Å²) in [6.07, 6.45) is 5.53. The van der Waals surface area contributed by atoms with Gasteiger partial charge in [-0.1, -0.05) is 18.2 Å². The predicted octanol–water partition coefficient (Wildman–Crippen LogP) is -1.30. The van der Waals surface area contributed by atoms with E-state index >= 15 is 0 Å². The molecule has 0 radical (unpaired) electrons. The maximum Gasteiger partial charge on any atom is 0.215 e. The minimum absolute atomic E-state index is 0.406. The Morgan fingerprint density at radius 3 is 3.00 bits per heavy atom. The molecule has 0 saturated heterocycles. The molecule has 0 aliphatic heterocycles. The highest BCUT2D eigenvalue weighted by molar-refractivity contribution is 7.90. The summed E-state index contributed by atoms with van der Waals surface area (Å²) in [5.74, 6) is 0. The molecule has 0 aromatic carbocycles. The summed E-state index contributed by atoms with van der Waals surface area (Å²) in [7, 11) is -3.48. The number of pyridine rings is 1. The Hall–Kier alpha value is -1.20. The lowest BCUT2D eigenvalue weighted by atomic mass is 10.1. The first kappa shape index (κ1) is 9.36. The van der Waals surface area contributed by atoms with E-state index in [-0.39, 0.29) is 0 Å². The summed E-state index contributed by atoms with van der Waals surface area (Å²) < 4.78 is 22.2. The minimum Gasteiger partial charge on any atom is -0.257 e. The molecule has 4 nitrogen and oxygen atoms in total. The highest BCUT2D eigenvalue weighted by Gasteiger charge is 2.19. The van der Waals surface area contributed by atoms with Crippen molar-refractivity contribution in [3.63, 3.8) is 0 Å². The van der Waals surface area contributed by atoms with Gasteiger partial charge >= 0.3 is 0 Å². The molecule has 0 amide bonds. The Balaban J connectivity index is 2.60. The van der Waals surface area contributed by atoms with Gasteiger partial charge in [0.1, 0.15) is 0 Å². The molecule has 1 aliphatic rings. The highest BCUT2D eigenvalue weighted by atomic mass is 32.2. The third-order valence-electron chi connectivity index (χ3n) is 2.20. The van der Waals surface area contributed by atoms with Crippen LogP contribution in [0.1, 0.15) is 6.42 Å². The van der Waals surface area contributed by atoms with Gasteiger partial charge in [-0.05, 0) is 17.7 Å². The molecular weight excluding hydrogens is 200 g/mol. The van der Waals surface area contributed by atoms with Gasteiger partial charge in [-0.2, -0.15) is 0 Å². The number of nitrogens with zero attached hydrogens (tertiary/aromatic N) is 1. The van der Waals surface area contributed by atoms with Crippen molar-refractivity contribution in [2.24, 2.45) is 5.14 Å². The molecule has 0 bridgehead atoms. The van der Waals surface area contributed by atoms with E-state index in [4.69, 9.17) is 5.14 Å². The van der Waals surface area contributed by atoms with Crippen LogP contribution in [0.25, 0.3) is 12.2 Å². The van der Waals surface area contributed by atoms with Gasteiger partial charge in [0, 0.05) is 6.20 Å². The van der Waals surface area contributed by atoms with Crippen molar-refractivity contribution in [3.05, 3.63) is 28.9 Å². The average molecular weight is 210 g/mol. The zero-order valence-electron chi connectivity index (χ0n) is 7.42. The van der Waals surface area contributed by atoms with Crippen molar-refractivity contribution < 1.29 is 8.42 Å². The Bertz CT molecular complexity index is 563. The van der Waals surface area contributed by atoms with Crippen LogP contribution in [0, 0.1) is 0 Å². The van der Waals surface area contributed by atoms with Gasteiger partial charge < -0.3 is 0 Å². The lowest BCUT2D eigenvalue weighted by Crippen LogP contribution is -2.37. The normalized spacial score (nSPS) is 20.5. The van der Waals surface area contributed by atoms with Gasteiger partial charge in [-0.15, -0.1) is 0 Å². The molecule has 2 rings (SSSR count). The highest BCUT2D eigenvalue weighted by Crippen LogP contribution is 2.06. The molecule has 0 spiro atoms. The maximum atomic E-state index is 11.1. The van der Waals surface area contributed by atoms with Gasteiger partial charge in [-0.3, -0.25) is 4.98 Å². The lowest BCUT2D eigenvalue weighted by molar-refractivity contribution is 0.592. The Kier molecular flexibility index (Phi) is 2.13. The van der Waals surface area contributed by atoms with Crippen LogP contribution in [0.2, 0.25) is 0 Å². The number of fused-ring (bicyclic) bond motifs is 1. The quantitative estimate of drug-likeness (QED) is 0.626. The van der Waals surface area contributed by atoms with Crippen molar-refractivity contribution >= 4 is 22.2 Å². The van der Waals surface area contributed by atoms with E-state index in [1.807, 2.05) is 6.07 Å². The van der Waals surface area contributed by atoms with Crippen molar-refractivity contribution in [2.75, 3.05) is 0 Å². The van der Waals surface area contributed by atoms with E-state index in [1.54, 1.807) is 24.4 Å². The van der Waals surface area contributed by atoms with E-state index in [2.05, 4.69) is 4.98 Å². The van der Waals surface area contributed by atoms with E-state index in [9.17, 15) is 8.42 Å². The van der Waals surface area contributed by atoms with Crippen LogP contribution < -0.4 is 15.7 Å². The summed E-state index contributed by atoms with van der Waals surface area (Å²) in [6, 6.07) is 3.60. The fraction of sp³-hybridized carbons (Fsp3) is 0.222. The zero-order valence-corrected chi connectivity index (χ0v) is 8.24. The Morgan fingerprint density at radius 1 is 1.50 bits per heavy atom. The number of aromatic nitrogens is 1. The van der Waals surface area contributed by atoms with Gasteiger partial charge in [0.05, 0.1) is 10.6 Å². The second kappa shape index (κ2) is 3.18. The van der Waals surface area contributed by atoms with Crippen molar-refractivity contribution in [1.29, 1.82) is 0 Å². The maximum absolute atomic E-state index is 11.1. The van der Waals surface area contributed by atoms with Crippen molar-refractivity contribution in [3.8, 4) is 0 Å². The number of primary sulfonamides is 1. The number of hydrogen-bond donors (Lipinski definition) is 1. The largest absolute Gasteiger partial charge is 0.257 e. The van der Waals surface area contributed by atoms with Crippen LogP contribution in [0.5, 0.6) is 0 Å². The van der Waals surface area contributed by atoms with E-state index in [1.165, 1.54) is 0 Å². The van der Waals surface area contributed by atoms with Gasteiger partial charge in [0.15, 0.2) is 0 Å². The predicted molar refractivity (Wildman–Crippen MR) is 53.9 cm³/mol. The van der Waals surface area contributed by atoms with Crippen LogP contribution in [-0.2, 0) is 10.0 Å². The Morgan fingerprint density at radius 2 is 2.29 bits per heavy atom. The third-order valence-corrected chi connectivity index (χ3v) is 3.37. The van der Waals surface area contributed by atoms with Gasteiger partial charge in [0.25, 0.3) is 0 Å². The fourth-order valence-corrected chi connectivity index (χ4v) is 2.17. The van der Waals surface area contributed by atoms with Crippen LogP contribution in [0.15, 0.2) is 18.3 Å². The van der Waals surface area contributed by atoms with Gasteiger partial charge in [0.2, 0.25) is 10.0 Å². The summed E-state index contributed by atoms with van der Waals surface area (Å²) in [6.45, 7) is 0. The molecule has 2 N–H and O–H groups in total. The van der Waals surface area contributed by atoms with Crippen molar-refractivity contribution in [2.45, 2.75) is 11.7 Å². The molecule has 1 unspecified atom stereocenters. The Labute approximate surface area is 81.8 Å².